The van der Waals surface area contributed by atoms with E-state index in [0.717, 1.165) is 24.0 Å². The van der Waals surface area contributed by atoms with Crippen LogP contribution in [0.1, 0.15) is 5.56 Å². The molecule has 0 aliphatic heterocycles. The van der Waals surface area contributed by atoms with Crippen LogP contribution in [0.3, 0.4) is 0 Å². The maximum absolute atomic E-state index is 14.1. The monoisotopic (exact) mass is 447 g/mol. The number of anilines is 2. The normalized spacial score (nSPS) is 11.0. The summed E-state index contributed by atoms with van der Waals surface area (Å²) in [4.78, 5) is 10.8. The molecule has 4 rings (SSSR count). The Balaban J connectivity index is 1.43. The fourth-order valence-electron chi connectivity index (χ4n) is 2.97. The summed E-state index contributed by atoms with van der Waals surface area (Å²) >= 11 is 0. The fourth-order valence-corrected chi connectivity index (χ4v) is 2.97. The molecule has 0 saturated carbocycles. The highest BCUT2D eigenvalue weighted by atomic mass is 19.2. The van der Waals surface area contributed by atoms with Gasteiger partial charge in [-0.15, -0.1) is 0 Å². The second-order valence-corrected chi connectivity index (χ2v) is 6.65. The Morgan fingerprint density at radius 1 is 0.875 bits per heavy atom. The fraction of sp³-hybridized carbons (Fsp3) is 0.0952. The molecule has 0 aliphatic rings. The Bertz CT molecular complexity index is 1300. The first-order valence-electron chi connectivity index (χ1n) is 9.24. The molecular weight excluding hydrogens is 433 g/mol. The number of ether oxygens (including phenoxy) is 1. The molecule has 0 atom stereocenters. The van der Waals surface area contributed by atoms with Crippen molar-refractivity contribution in [2.45, 2.75) is 6.42 Å². The van der Waals surface area contributed by atoms with Crippen LogP contribution in [0, 0.1) is 29.2 Å². The van der Waals surface area contributed by atoms with Crippen LogP contribution in [0.5, 0.6) is 11.6 Å². The number of halogens is 5. The number of hydrogen-bond acceptors (Lipinski definition) is 6. The molecule has 0 fully saturated rings. The molecular formula is C21H14F5N5O. The van der Waals surface area contributed by atoms with Crippen LogP contribution in [0.4, 0.5) is 33.5 Å². The summed E-state index contributed by atoms with van der Waals surface area (Å²) in [6, 6.07) is 8.25. The molecule has 2 heterocycles. The minimum absolute atomic E-state index is 0.0448. The summed E-state index contributed by atoms with van der Waals surface area (Å²) < 4.78 is 73.6. The van der Waals surface area contributed by atoms with E-state index in [-0.39, 0.29) is 22.5 Å². The van der Waals surface area contributed by atoms with Gasteiger partial charge in [0.1, 0.15) is 40.7 Å². The molecule has 0 amide bonds. The zero-order valence-corrected chi connectivity index (χ0v) is 16.2. The van der Waals surface area contributed by atoms with Crippen molar-refractivity contribution < 1.29 is 26.7 Å². The average Bonchev–Trinajstić information content (AvgIpc) is 2.79. The molecule has 0 unspecified atom stereocenters. The van der Waals surface area contributed by atoms with E-state index in [1.54, 1.807) is 12.1 Å². The maximum Gasteiger partial charge on any atom is 0.261 e. The molecule has 0 saturated heterocycles. The van der Waals surface area contributed by atoms with E-state index >= 15 is 0 Å². The number of nitrogen functional groups attached to an aromatic ring is 1. The second kappa shape index (κ2) is 8.61. The molecule has 11 heteroatoms. The Morgan fingerprint density at radius 2 is 1.59 bits per heavy atom. The average molecular weight is 447 g/mol. The first-order valence-corrected chi connectivity index (χ1v) is 9.24. The summed E-state index contributed by atoms with van der Waals surface area (Å²) in [5, 5.41) is 2.90. The minimum atomic E-state index is -1.59. The number of hydrogen-bond donors (Lipinski definition) is 2. The third-order valence-corrected chi connectivity index (χ3v) is 4.57. The highest BCUT2D eigenvalue weighted by molar-refractivity contribution is 5.89. The molecule has 0 bridgehead atoms. The molecule has 0 aliphatic carbocycles. The number of nitrogens with zero attached hydrogens (tertiary/aromatic N) is 3. The van der Waals surface area contributed by atoms with Crippen molar-refractivity contribution in [3.05, 3.63) is 77.5 Å². The van der Waals surface area contributed by atoms with Crippen molar-refractivity contribution in [3.63, 3.8) is 0 Å². The Kier molecular flexibility index (Phi) is 5.71. The summed E-state index contributed by atoms with van der Waals surface area (Å²) in [7, 11) is 0. The third kappa shape index (κ3) is 4.09. The molecule has 2 aromatic carbocycles. The highest BCUT2D eigenvalue weighted by Gasteiger charge is 2.20. The number of pyridine rings is 1. The van der Waals surface area contributed by atoms with Gasteiger partial charge in [-0.2, -0.15) is 18.2 Å². The molecule has 4 aromatic rings. The van der Waals surface area contributed by atoms with E-state index in [1.807, 2.05) is 0 Å². The topological polar surface area (TPSA) is 86.0 Å². The quantitative estimate of drug-likeness (QED) is 0.328. The molecule has 2 aromatic heterocycles. The van der Waals surface area contributed by atoms with E-state index in [9.17, 15) is 22.0 Å². The van der Waals surface area contributed by atoms with E-state index in [2.05, 4.69) is 20.3 Å². The number of aromatic nitrogens is 3. The Labute approximate surface area is 177 Å². The van der Waals surface area contributed by atoms with E-state index in [1.165, 1.54) is 12.1 Å². The van der Waals surface area contributed by atoms with Gasteiger partial charge in [0.2, 0.25) is 11.6 Å². The summed E-state index contributed by atoms with van der Waals surface area (Å²) in [6.45, 7) is 0.332. The van der Waals surface area contributed by atoms with Crippen LogP contribution in [0.2, 0.25) is 0 Å². The zero-order chi connectivity index (χ0) is 22.8. The van der Waals surface area contributed by atoms with Crippen LogP contribution in [-0.2, 0) is 6.42 Å². The van der Waals surface area contributed by atoms with E-state index in [0.29, 0.717) is 13.0 Å². The van der Waals surface area contributed by atoms with Crippen LogP contribution in [0.25, 0.3) is 10.9 Å². The van der Waals surface area contributed by atoms with Gasteiger partial charge < -0.3 is 15.8 Å². The predicted octanol–water partition coefficient (Wildman–Crippen LogP) is 4.75. The molecule has 32 heavy (non-hydrogen) atoms. The van der Waals surface area contributed by atoms with Crippen molar-refractivity contribution in [2.75, 3.05) is 17.6 Å². The van der Waals surface area contributed by atoms with Crippen LogP contribution >= 0.6 is 0 Å². The van der Waals surface area contributed by atoms with Gasteiger partial charge in [-0.1, -0.05) is 12.1 Å². The van der Waals surface area contributed by atoms with Gasteiger partial charge in [-0.3, -0.25) is 0 Å². The number of rotatable bonds is 6. The minimum Gasteiger partial charge on any atom is -0.436 e. The van der Waals surface area contributed by atoms with Crippen LogP contribution in [-0.4, -0.2) is 21.5 Å². The zero-order valence-electron chi connectivity index (χ0n) is 16.2. The van der Waals surface area contributed by atoms with Gasteiger partial charge in [-0.25, -0.2) is 18.7 Å². The number of nitrogens with two attached hydrogens (primary N) is 1. The van der Waals surface area contributed by atoms with Crippen LogP contribution in [0.15, 0.2) is 42.7 Å². The predicted molar refractivity (Wildman–Crippen MR) is 107 cm³/mol. The first kappa shape index (κ1) is 21.2. The summed E-state index contributed by atoms with van der Waals surface area (Å²) in [6.07, 6.45) is 1.60. The standard InChI is InChI=1S/C21H14F5N5O/c22-12-5-6-13(23)18-14(12)20(30-9-29-18)28-8-7-10-1-3-11(4-2-10)32-21-16(25)17(27)15(24)19(26)31-21/h1-6,9H,7-8H2,(H2,27,31)(H,28,29,30). The number of nitrogens with one attached hydrogen (secondary N) is 1. The molecule has 0 radical (unpaired) electrons. The molecule has 0 spiro atoms. The van der Waals surface area contributed by atoms with Crippen molar-refractivity contribution in [1.29, 1.82) is 0 Å². The molecule has 3 N–H and O–H groups in total. The largest absolute Gasteiger partial charge is 0.436 e. The molecule has 164 valence electrons. The van der Waals surface area contributed by atoms with Gasteiger partial charge in [0.15, 0.2) is 0 Å². The highest BCUT2D eigenvalue weighted by Crippen LogP contribution is 2.29. The lowest BCUT2D eigenvalue weighted by molar-refractivity contribution is 0.390. The summed E-state index contributed by atoms with van der Waals surface area (Å²) in [5.74, 6) is -6.28. The Hall–Kier alpha value is -4.02. The first-order chi connectivity index (χ1) is 15.3. The Morgan fingerprint density at radius 3 is 2.34 bits per heavy atom. The lowest BCUT2D eigenvalue weighted by atomic mass is 10.1. The van der Waals surface area contributed by atoms with Gasteiger partial charge in [0.05, 0.1) is 5.39 Å². The van der Waals surface area contributed by atoms with Crippen molar-refractivity contribution in [2.24, 2.45) is 0 Å². The second-order valence-electron chi connectivity index (χ2n) is 6.65. The van der Waals surface area contributed by atoms with Gasteiger partial charge in [0, 0.05) is 6.54 Å². The number of fused-ring (bicyclic) bond motifs is 1. The SMILES string of the molecule is Nc1c(F)c(F)nc(Oc2ccc(CCNc3ncnc4c(F)ccc(F)c34)cc2)c1F. The lowest BCUT2D eigenvalue weighted by Crippen LogP contribution is -2.08. The van der Waals surface area contributed by atoms with Crippen molar-refractivity contribution in [1.82, 2.24) is 15.0 Å². The number of benzene rings is 2. The van der Waals surface area contributed by atoms with Crippen LogP contribution < -0.4 is 15.8 Å². The third-order valence-electron chi connectivity index (χ3n) is 4.57. The lowest BCUT2D eigenvalue weighted by Gasteiger charge is -2.10. The smallest absolute Gasteiger partial charge is 0.261 e. The van der Waals surface area contributed by atoms with Crippen molar-refractivity contribution >= 4 is 22.4 Å². The van der Waals surface area contributed by atoms with Crippen molar-refractivity contribution in [3.8, 4) is 11.6 Å². The molecule has 6 nitrogen and oxygen atoms in total. The maximum atomic E-state index is 14.1. The summed E-state index contributed by atoms with van der Waals surface area (Å²) in [5.41, 5.74) is 4.81. The van der Waals surface area contributed by atoms with Gasteiger partial charge >= 0.3 is 0 Å². The van der Waals surface area contributed by atoms with E-state index in [4.69, 9.17) is 10.5 Å². The van der Waals surface area contributed by atoms with E-state index < -0.39 is 40.8 Å². The van der Waals surface area contributed by atoms with Gasteiger partial charge in [-0.05, 0) is 36.2 Å². The van der Waals surface area contributed by atoms with Gasteiger partial charge in [0.25, 0.3) is 11.8 Å².